The van der Waals surface area contributed by atoms with Crippen LogP contribution in [0.5, 0.6) is 0 Å². The molecule has 1 saturated heterocycles. The number of carboxylic acids is 1. The van der Waals surface area contributed by atoms with E-state index in [1.807, 2.05) is 4.90 Å². The highest BCUT2D eigenvalue weighted by atomic mass is 16.4. The number of hydrogen-bond acceptors (Lipinski definition) is 2. The summed E-state index contributed by atoms with van der Waals surface area (Å²) in [4.78, 5) is 24.9. The highest BCUT2D eigenvalue weighted by Gasteiger charge is 2.28. The number of allylic oxidation sites excluding steroid dienone is 1. The van der Waals surface area contributed by atoms with E-state index in [4.69, 9.17) is 5.11 Å². The van der Waals surface area contributed by atoms with E-state index >= 15 is 0 Å². The van der Waals surface area contributed by atoms with Crippen LogP contribution in [0.25, 0.3) is 0 Å². The van der Waals surface area contributed by atoms with Crippen molar-refractivity contribution in [3.05, 3.63) is 11.6 Å². The molecule has 1 N–H and O–H groups in total. The van der Waals surface area contributed by atoms with E-state index in [2.05, 4.69) is 0 Å². The van der Waals surface area contributed by atoms with Gasteiger partial charge < -0.3 is 10.0 Å². The van der Waals surface area contributed by atoms with Crippen LogP contribution in [0, 0.1) is 5.92 Å². The minimum atomic E-state index is -0.870. The normalized spacial score (nSPS) is 24.8. The Morgan fingerprint density at radius 3 is 2.28 bits per heavy atom. The van der Waals surface area contributed by atoms with Crippen molar-refractivity contribution in [3.8, 4) is 0 Å². The van der Waals surface area contributed by atoms with Crippen LogP contribution in [0.1, 0.15) is 44.9 Å². The van der Waals surface area contributed by atoms with E-state index < -0.39 is 5.97 Å². The topological polar surface area (TPSA) is 57.6 Å². The SMILES string of the molecule is O=C(O)C=C1CCC(C(=O)N2CCCCC2)CC1. The van der Waals surface area contributed by atoms with E-state index in [0.29, 0.717) is 5.91 Å². The Balaban J connectivity index is 1.85. The van der Waals surface area contributed by atoms with Crippen LogP contribution in [-0.4, -0.2) is 35.0 Å². The standard InChI is InChI=1S/C14H21NO3/c16-13(17)10-11-4-6-12(7-5-11)14(18)15-8-2-1-3-9-15/h10,12H,1-9H2,(H,16,17). The summed E-state index contributed by atoms with van der Waals surface area (Å²) in [6.45, 7) is 1.82. The summed E-state index contributed by atoms with van der Waals surface area (Å²) < 4.78 is 0. The number of carbonyl (C=O) groups excluding carboxylic acids is 1. The zero-order valence-electron chi connectivity index (χ0n) is 10.7. The average molecular weight is 251 g/mol. The molecule has 100 valence electrons. The lowest BCUT2D eigenvalue weighted by atomic mass is 9.84. The highest BCUT2D eigenvalue weighted by Crippen LogP contribution is 2.30. The third kappa shape index (κ3) is 3.34. The van der Waals surface area contributed by atoms with Gasteiger partial charge in [-0.2, -0.15) is 0 Å². The van der Waals surface area contributed by atoms with Crippen LogP contribution in [0.3, 0.4) is 0 Å². The van der Waals surface area contributed by atoms with Crippen LogP contribution >= 0.6 is 0 Å². The van der Waals surface area contributed by atoms with Gasteiger partial charge in [-0.1, -0.05) is 5.57 Å². The molecule has 0 aromatic carbocycles. The van der Waals surface area contributed by atoms with Crippen molar-refractivity contribution in [1.82, 2.24) is 4.90 Å². The van der Waals surface area contributed by atoms with Gasteiger partial charge >= 0.3 is 5.97 Å². The maximum absolute atomic E-state index is 12.3. The Kier molecular flexibility index (Phi) is 4.39. The molecule has 0 radical (unpaired) electrons. The minimum Gasteiger partial charge on any atom is -0.478 e. The first-order valence-electron chi connectivity index (χ1n) is 6.88. The summed E-state index contributed by atoms with van der Waals surface area (Å²) in [6.07, 6.45) is 7.95. The van der Waals surface area contributed by atoms with Gasteiger partial charge in [-0.3, -0.25) is 4.79 Å². The first-order chi connectivity index (χ1) is 8.66. The molecule has 0 aromatic rings. The van der Waals surface area contributed by atoms with Crippen LogP contribution < -0.4 is 0 Å². The molecule has 1 heterocycles. The summed E-state index contributed by atoms with van der Waals surface area (Å²) >= 11 is 0. The number of rotatable bonds is 2. The fraction of sp³-hybridized carbons (Fsp3) is 0.714. The van der Waals surface area contributed by atoms with Crippen LogP contribution in [0.4, 0.5) is 0 Å². The molecule has 1 aliphatic carbocycles. The van der Waals surface area contributed by atoms with E-state index in [0.717, 1.165) is 57.2 Å². The maximum Gasteiger partial charge on any atom is 0.328 e. The number of carbonyl (C=O) groups is 2. The molecule has 18 heavy (non-hydrogen) atoms. The molecule has 0 atom stereocenters. The zero-order valence-corrected chi connectivity index (χ0v) is 10.7. The summed E-state index contributed by atoms with van der Waals surface area (Å²) in [5.74, 6) is -0.455. The van der Waals surface area contributed by atoms with Gasteiger partial charge in [0.25, 0.3) is 0 Å². The highest BCUT2D eigenvalue weighted by molar-refractivity contribution is 5.81. The number of aliphatic carboxylic acids is 1. The molecule has 0 unspecified atom stereocenters. The van der Waals surface area contributed by atoms with E-state index in [1.54, 1.807) is 0 Å². The number of amides is 1. The molecule has 1 aliphatic heterocycles. The lowest BCUT2D eigenvalue weighted by molar-refractivity contribution is -0.137. The van der Waals surface area contributed by atoms with Crippen LogP contribution in [0.15, 0.2) is 11.6 Å². The molecular weight excluding hydrogens is 230 g/mol. The van der Waals surface area contributed by atoms with Crippen LogP contribution in [-0.2, 0) is 9.59 Å². The molecule has 2 rings (SSSR count). The van der Waals surface area contributed by atoms with Crippen molar-refractivity contribution in [1.29, 1.82) is 0 Å². The van der Waals surface area contributed by atoms with E-state index in [-0.39, 0.29) is 5.92 Å². The zero-order chi connectivity index (χ0) is 13.0. The average Bonchev–Trinajstić information content (AvgIpc) is 2.39. The van der Waals surface area contributed by atoms with Gasteiger partial charge in [-0.05, 0) is 44.9 Å². The molecule has 2 aliphatic rings. The Labute approximate surface area is 108 Å². The minimum absolute atomic E-state index is 0.119. The van der Waals surface area contributed by atoms with Gasteiger partial charge in [0.2, 0.25) is 5.91 Å². The lowest BCUT2D eigenvalue weighted by Gasteiger charge is -2.32. The first-order valence-corrected chi connectivity index (χ1v) is 6.88. The van der Waals surface area contributed by atoms with Gasteiger partial charge in [-0.15, -0.1) is 0 Å². The molecule has 0 spiro atoms. The molecule has 1 amide bonds. The quantitative estimate of drug-likeness (QED) is 0.765. The van der Waals surface area contributed by atoms with E-state index in [1.165, 1.54) is 12.5 Å². The van der Waals surface area contributed by atoms with Crippen molar-refractivity contribution in [2.24, 2.45) is 5.92 Å². The summed E-state index contributed by atoms with van der Waals surface area (Å²) in [5, 5.41) is 8.69. The fourth-order valence-electron chi connectivity index (χ4n) is 2.93. The summed E-state index contributed by atoms with van der Waals surface area (Å²) in [6, 6.07) is 0. The van der Waals surface area contributed by atoms with Crippen molar-refractivity contribution >= 4 is 11.9 Å². The number of likely N-dealkylation sites (tertiary alicyclic amines) is 1. The van der Waals surface area contributed by atoms with Crippen molar-refractivity contribution in [3.63, 3.8) is 0 Å². The predicted molar refractivity (Wildman–Crippen MR) is 68.1 cm³/mol. The predicted octanol–water partition coefficient (Wildman–Crippen LogP) is 2.20. The second-order valence-electron chi connectivity index (χ2n) is 5.30. The summed E-state index contributed by atoms with van der Waals surface area (Å²) in [7, 11) is 0. The second kappa shape index (κ2) is 6.03. The van der Waals surface area contributed by atoms with Gasteiger partial charge in [-0.25, -0.2) is 4.79 Å². The Hall–Kier alpha value is -1.32. The molecule has 2 fully saturated rings. The first kappa shape index (κ1) is 13.1. The Bertz CT molecular complexity index is 346. The fourth-order valence-corrected chi connectivity index (χ4v) is 2.93. The van der Waals surface area contributed by atoms with Gasteiger partial charge in [0, 0.05) is 25.1 Å². The molecule has 4 nitrogen and oxygen atoms in total. The number of carboxylic acid groups (broad SMARTS) is 1. The third-order valence-corrected chi connectivity index (χ3v) is 3.97. The molecular formula is C14H21NO3. The monoisotopic (exact) mass is 251 g/mol. The smallest absolute Gasteiger partial charge is 0.328 e. The third-order valence-electron chi connectivity index (χ3n) is 3.97. The van der Waals surface area contributed by atoms with Crippen molar-refractivity contribution in [2.45, 2.75) is 44.9 Å². The van der Waals surface area contributed by atoms with Crippen molar-refractivity contribution in [2.75, 3.05) is 13.1 Å². The second-order valence-corrected chi connectivity index (χ2v) is 5.30. The molecule has 0 aromatic heterocycles. The molecule has 1 saturated carbocycles. The van der Waals surface area contributed by atoms with Gasteiger partial charge in [0.15, 0.2) is 0 Å². The maximum atomic E-state index is 12.3. The summed E-state index contributed by atoms with van der Waals surface area (Å²) in [5.41, 5.74) is 0.977. The molecule has 0 bridgehead atoms. The molecule has 4 heteroatoms. The number of piperidine rings is 1. The Morgan fingerprint density at radius 1 is 1.11 bits per heavy atom. The number of hydrogen-bond donors (Lipinski definition) is 1. The largest absolute Gasteiger partial charge is 0.478 e. The van der Waals surface area contributed by atoms with Gasteiger partial charge in [0.05, 0.1) is 0 Å². The van der Waals surface area contributed by atoms with Gasteiger partial charge in [0.1, 0.15) is 0 Å². The van der Waals surface area contributed by atoms with Crippen molar-refractivity contribution < 1.29 is 14.7 Å². The van der Waals surface area contributed by atoms with Crippen LogP contribution in [0.2, 0.25) is 0 Å². The number of nitrogens with zero attached hydrogens (tertiary/aromatic N) is 1. The lowest BCUT2D eigenvalue weighted by Crippen LogP contribution is -2.40. The Morgan fingerprint density at radius 2 is 1.72 bits per heavy atom. The van der Waals surface area contributed by atoms with E-state index in [9.17, 15) is 9.59 Å².